The number of amides is 1. The Kier molecular flexibility index (Phi) is 4.36. The van der Waals surface area contributed by atoms with Crippen molar-refractivity contribution in [2.24, 2.45) is 0 Å². The minimum Gasteiger partial charge on any atom is -0.410 e. The molecule has 4 nitrogen and oxygen atoms in total. The SMILES string of the molecule is CN(C)CCNC(=O)Oc1cccc2ccccc12. The van der Waals surface area contributed by atoms with Gasteiger partial charge in [0.05, 0.1) is 0 Å². The third kappa shape index (κ3) is 3.69. The highest BCUT2D eigenvalue weighted by molar-refractivity contribution is 5.90. The van der Waals surface area contributed by atoms with Crippen molar-refractivity contribution in [1.29, 1.82) is 0 Å². The fraction of sp³-hybridized carbons (Fsp3) is 0.267. The maximum Gasteiger partial charge on any atom is 0.412 e. The molecule has 0 aliphatic rings. The van der Waals surface area contributed by atoms with Gasteiger partial charge in [-0.1, -0.05) is 36.4 Å². The van der Waals surface area contributed by atoms with Crippen molar-refractivity contribution in [3.63, 3.8) is 0 Å². The van der Waals surface area contributed by atoms with E-state index in [0.717, 1.165) is 17.3 Å². The monoisotopic (exact) mass is 258 g/mol. The third-order valence-corrected chi connectivity index (χ3v) is 2.78. The van der Waals surface area contributed by atoms with E-state index in [4.69, 9.17) is 4.74 Å². The van der Waals surface area contributed by atoms with Crippen LogP contribution in [0.25, 0.3) is 10.8 Å². The number of benzene rings is 2. The first-order chi connectivity index (χ1) is 9.16. The van der Waals surface area contributed by atoms with Crippen molar-refractivity contribution >= 4 is 16.9 Å². The zero-order chi connectivity index (χ0) is 13.7. The summed E-state index contributed by atoms with van der Waals surface area (Å²) in [6.45, 7) is 1.35. The van der Waals surface area contributed by atoms with Crippen molar-refractivity contribution in [1.82, 2.24) is 10.2 Å². The second-order valence-corrected chi connectivity index (χ2v) is 4.60. The summed E-state index contributed by atoms with van der Waals surface area (Å²) in [5.74, 6) is 0.584. The fourth-order valence-electron chi connectivity index (χ4n) is 1.80. The minimum atomic E-state index is -0.418. The number of rotatable bonds is 4. The average molecular weight is 258 g/mol. The quantitative estimate of drug-likeness (QED) is 0.916. The summed E-state index contributed by atoms with van der Waals surface area (Å²) in [6.07, 6.45) is -0.418. The van der Waals surface area contributed by atoms with Gasteiger partial charge in [-0.05, 0) is 25.5 Å². The van der Waals surface area contributed by atoms with Crippen LogP contribution in [-0.4, -0.2) is 38.2 Å². The molecule has 0 aromatic heterocycles. The van der Waals surface area contributed by atoms with Crippen LogP contribution in [0.4, 0.5) is 4.79 Å². The highest BCUT2D eigenvalue weighted by Gasteiger charge is 2.06. The molecule has 2 rings (SSSR count). The summed E-state index contributed by atoms with van der Waals surface area (Å²) in [5, 5.41) is 4.72. The highest BCUT2D eigenvalue weighted by atomic mass is 16.6. The van der Waals surface area contributed by atoms with E-state index in [9.17, 15) is 4.79 Å². The molecule has 0 fully saturated rings. The van der Waals surface area contributed by atoms with E-state index in [1.54, 1.807) is 6.07 Å². The molecule has 0 saturated carbocycles. The van der Waals surface area contributed by atoms with Crippen LogP contribution < -0.4 is 10.1 Å². The molecule has 100 valence electrons. The Morgan fingerprint density at radius 3 is 2.68 bits per heavy atom. The normalized spacial score (nSPS) is 10.7. The van der Waals surface area contributed by atoms with Crippen LogP contribution in [0, 0.1) is 0 Å². The van der Waals surface area contributed by atoms with Crippen LogP contribution in [0.15, 0.2) is 42.5 Å². The number of nitrogens with zero attached hydrogens (tertiary/aromatic N) is 1. The maximum absolute atomic E-state index is 11.7. The summed E-state index contributed by atoms with van der Waals surface area (Å²) in [4.78, 5) is 13.7. The zero-order valence-corrected chi connectivity index (χ0v) is 11.2. The minimum absolute atomic E-state index is 0.418. The third-order valence-electron chi connectivity index (χ3n) is 2.78. The predicted octanol–water partition coefficient (Wildman–Crippen LogP) is 2.49. The van der Waals surface area contributed by atoms with E-state index < -0.39 is 6.09 Å². The Bertz CT molecular complexity index is 562. The standard InChI is InChI=1S/C15H18N2O2/c1-17(2)11-10-16-15(18)19-14-9-5-7-12-6-3-4-8-13(12)14/h3-9H,10-11H2,1-2H3,(H,16,18). The van der Waals surface area contributed by atoms with Crippen molar-refractivity contribution in [2.75, 3.05) is 27.2 Å². The molecule has 1 N–H and O–H groups in total. The van der Waals surface area contributed by atoms with Gasteiger partial charge < -0.3 is 15.0 Å². The number of hydrogen-bond acceptors (Lipinski definition) is 3. The topological polar surface area (TPSA) is 41.6 Å². The van der Waals surface area contributed by atoms with Crippen LogP contribution in [0.1, 0.15) is 0 Å². The predicted molar refractivity (Wildman–Crippen MR) is 76.5 cm³/mol. The molecule has 0 heterocycles. The lowest BCUT2D eigenvalue weighted by Crippen LogP contribution is -2.33. The summed E-state index contributed by atoms with van der Waals surface area (Å²) >= 11 is 0. The molecule has 0 bridgehead atoms. The Morgan fingerprint density at radius 2 is 1.89 bits per heavy atom. The van der Waals surface area contributed by atoms with Gasteiger partial charge in [-0.15, -0.1) is 0 Å². The van der Waals surface area contributed by atoms with Gasteiger partial charge in [0.2, 0.25) is 0 Å². The second-order valence-electron chi connectivity index (χ2n) is 4.60. The molecule has 2 aromatic rings. The molecule has 0 saturated heterocycles. The summed E-state index contributed by atoms with van der Waals surface area (Å²) in [5.41, 5.74) is 0. The van der Waals surface area contributed by atoms with E-state index >= 15 is 0 Å². The van der Waals surface area contributed by atoms with E-state index in [1.165, 1.54) is 0 Å². The van der Waals surface area contributed by atoms with Gasteiger partial charge in [0.25, 0.3) is 0 Å². The van der Waals surface area contributed by atoms with Gasteiger partial charge in [0.1, 0.15) is 5.75 Å². The lowest BCUT2D eigenvalue weighted by atomic mass is 10.1. The average Bonchev–Trinajstić information content (AvgIpc) is 2.39. The molecule has 0 aliphatic carbocycles. The molecular formula is C15H18N2O2. The maximum atomic E-state index is 11.7. The zero-order valence-electron chi connectivity index (χ0n) is 11.2. The van der Waals surface area contributed by atoms with E-state index in [0.29, 0.717) is 12.3 Å². The molecule has 0 spiro atoms. The molecule has 2 aromatic carbocycles. The Balaban J connectivity index is 2.03. The van der Waals surface area contributed by atoms with Crippen molar-refractivity contribution in [3.05, 3.63) is 42.5 Å². The Labute approximate surface area is 113 Å². The largest absolute Gasteiger partial charge is 0.412 e. The Hall–Kier alpha value is -2.07. The molecule has 0 radical (unpaired) electrons. The molecule has 4 heteroatoms. The van der Waals surface area contributed by atoms with Gasteiger partial charge in [-0.25, -0.2) is 4.79 Å². The first kappa shape index (κ1) is 13.4. The molecular weight excluding hydrogens is 240 g/mol. The van der Waals surface area contributed by atoms with Crippen molar-refractivity contribution < 1.29 is 9.53 Å². The van der Waals surface area contributed by atoms with E-state index in [-0.39, 0.29) is 0 Å². The second kappa shape index (κ2) is 6.20. The van der Waals surface area contributed by atoms with Crippen LogP contribution in [0.2, 0.25) is 0 Å². The van der Waals surface area contributed by atoms with E-state index in [1.807, 2.05) is 55.4 Å². The number of fused-ring (bicyclic) bond motifs is 1. The van der Waals surface area contributed by atoms with Crippen LogP contribution >= 0.6 is 0 Å². The number of hydrogen-bond donors (Lipinski definition) is 1. The van der Waals surface area contributed by atoms with Crippen LogP contribution in [-0.2, 0) is 0 Å². The summed E-state index contributed by atoms with van der Waals surface area (Å²) in [6, 6.07) is 13.5. The van der Waals surface area contributed by atoms with Gasteiger partial charge in [-0.3, -0.25) is 0 Å². The molecule has 19 heavy (non-hydrogen) atoms. The van der Waals surface area contributed by atoms with Crippen LogP contribution in [0.5, 0.6) is 5.75 Å². The van der Waals surface area contributed by atoms with Gasteiger partial charge in [-0.2, -0.15) is 0 Å². The molecule has 1 amide bonds. The number of nitrogens with one attached hydrogen (secondary N) is 1. The highest BCUT2D eigenvalue weighted by Crippen LogP contribution is 2.24. The van der Waals surface area contributed by atoms with Gasteiger partial charge in [0, 0.05) is 18.5 Å². The van der Waals surface area contributed by atoms with Crippen molar-refractivity contribution in [3.8, 4) is 5.75 Å². The number of likely N-dealkylation sites (N-methyl/N-ethyl adjacent to an activating group) is 1. The fourth-order valence-corrected chi connectivity index (χ4v) is 1.80. The first-order valence-electron chi connectivity index (χ1n) is 6.25. The van der Waals surface area contributed by atoms with Crippen molar-refractivity contribution in [2.45, 2.75) is 0 Å². The summed E-state index contributed by atoms with van der Waals surface area (Å²) < 4.78 is 5.34. The van der Waals surface area contributed by atoms with Crippen LogP contribution in [0.3, 0.4) is 0 Å². The van der Waals surface area contributed by atoms with Gasteiger partial charge in [0.15, 0.2) is 0 Å². The molecule has 0 unspecified atom stereocenters. The molecule has 0 atom stereocenters. The lowest BCUT2D eigenvalue weighted by molar-refractivity contribution is 0.200. The molecule has 0 aliphatic heterocycles. The summed E-state index contributed by atoms with van der Waals surface area (Å²) in [7, 11) is 3.91. The van der Waals surface area contributed by atoms with Gasteiger partial charge >= 0.3 is 6.09 Å². The lowest BCUT2D eigenvalue weighted by Gasteiger charge is -2.11. The Morgan fingerprint density at radius 1 is 1.16 bits per heavy atom. The first-order valence-corrected chi connectivity index (χ1v) is 6.25. The number of carbonyl (C=O) groups excluding carboxylic acids is 1. The smallest absolute Gasteiger partial charge is 0.410 e. The number of ether oxygens (including phenoxy) is 1. The number of carbonyl (C=O) groups is 1. The van der Waals surface area contributed by atoms with E-state index in [2.05, 4.69) is 5.32 Å².